The largest absolute Gasteiger partial charge is 0.486 e. The number of halogens is 1. The summed E-state index contributed by atoms with van der Waals surface area (Å²) in [7, 11) is 0. The first-order chi connectivity index (χ1) is 9.63. The van der Waals surface area contributed by atoms with Gasteiger partial charge in [0, 0.05) is 5.56 Å². The molecule has 2 N–H and O–H groups in total. The number of ether oxygens (including phenoxy) is 2. The zero-order valence-corrected chi connectivity index (χ0v) is 11.9. The summed E-state index contributed by atoms with van der Waals surface area (Å²) in [5.41, 5.74) is 1.34. The van der Waals surface area contributed by atoms with E-state index < -0.39 is 5.97 Å². The number of aromatic nitrogens is 2. The van der Waals surface area contributed by atoms with Gasteiger partial charge in [-0.2, -0.15) is 0 Å². The molecule has 2 heterocycles. The second-order valence-electron chi connectivity index (χ2n) is 4.28. The molecule has 1 aromatic carbocycles. The molecule has 0 radical (unpaired) electrons. The van der Waals surface area contributed by atoms with Crippen LogP contribution in [-0.4, -0.2) is 34.3 Å². The van der Waals surface area contributed by atoms with Crippen molar-refractivity contribution in [2.24, 2.45) is 0 Å². The molecular weight excluding hydrogens is 328 g/mol. The normalized spacial score (nSPS) is 13.2. The molecule has 0 spiro atoms. The van der Waals surface area contributed by atoms with Crippen molar-refractivity contribution in [3.8, 4) is 22.9 Å². The van der Waals surface area contributed by atoms with Gasteiger partial charge in [-0.25, -0.2) is 4.98 Å². The van der Waals surface area contributed by atoms with Gasteiger partial charge in [0.2, 0.25) is 0 Å². The molecule has 104 valence electrons. The van der Waals surface area contributed by atoms with E-state index in [9.17, 15) is 4.79 Å². The number of rotatable bonds is 3. The van der Waals surface area contributed by atoms with E-state index in [0.29, 0.717) is 40.8 Å². The average molecular weight is 339 g/mol. The zero-order valence-electron chi connectivity index (χ0n) is 10.4. The first kappa shape index (κ1) is 13.0. The molecular formula is C13H11BrN2O4. The van der Waals surface area contributed by atoms with E-state index in [2.05, 4.69) is 25.9 Å². The lowest BCUT2D eigenvalue weighted by molar-refractivity contribution is -0.136. The first-order valence-electron chi connectivity index (χ1n) is 5.99. The Morgan fingerprint density at radius 3 is 2.85 bits per heavy atom. The molecule has 2 aromatic rings. The number of H-pyrrole nitrogens is 1. The number of aromatic amines is 1. The molecule has 0 aliphatic carbocycles. The Morgan fingerprint density at radius 2 is 2.10 bits per heavy atom. The van der Waals surface area contributed by atoms with Crippen molar-refractivity contribution in [3.63, 3.8) is 0 Å². The fourth-order valence-electron chi connectivity index (χ4n) is 1.98. The molecule has 0 unspecified atom stereocenters. The van der Waals surface area contributed by atoms with Crippen molar-refractivity contribution in [2.45, 2.75) is 6.42 Å². The van der Waals surface area contributed by atoms with Gasteiger partial charge < -0.3 is 19.6 Å². The van der Waals surface area contributed by atoms with Crippen LogP contribution in [-0.2, 0) is 11.2 Å². The minimum absolute atomic E-state index is 0.113. The number of hydrogen-bond acceptors (Lipinski definition) is 4. The summed E-state index contributed by atoms with van der Waals surface area (Å²) >= 11 is 3.26. The number of nitrogens with zero attached hydrogens (tertiary/aromatic N) is 1. The van der Waals surface area contributed by atoms with Gasteiger partial charge in [-0.3, -0.25) is 4.79 Å². The summed E-state index contributed by atoms with van der Waals surface area (Å²) in [6.07, 6.45) is -0.113. The van der Waals surface area contributed by atoms with Gasteiger partial charge in [-0.1, -0.05) is 0 Å². The van der Waals surface area contributed by atoms with Gasteiger partial charge in [0.25, 0.3) is 0 Å². The molecule has 0 atom stereocenters. The summed E-state index contributed by atoms with van der Waals surface area (Å²) in [5.74, 6) is 1.05. The minimum Gasteiger partial charge on any atom is -0.486 e. The van der Waals surface area contributed by atoms with Crippen LogP contribution in [0.1, 0.15) is 5.69 Å². The Bertz CT molecular complexity index is 668. The molecule has 1 aromatic heterocycles. The lowest BCUT2D eigenvalue weighted by atomic mass is 10.2. The Hall–Kier alpha value is -2.02. The van der Waals surface area contributed by atoms with Crippen LogP contribution < -0.4 is 9.47 Å². The average Bonchev–Trinajstić information content (AvgIpc) is 2.79. The first-order valence-corrected chi connectivity index (χ1v) is 6.79. The van der Waals surface area contributed by atoms with Crippen molar-refractivity contribution in [2.75, 3.05) is 13.2 Å². The number of carboxylic acids is 1. The summed E-state index contributed by atoms with van der Waals surface area (Å²) in [6.45, 7) is 1.06. The maximum absolute atomic E-state index is 10.8. The van der Waals surface area contributed by atoms with Crippen LogP contribution in [0.15, 0.2) is 22.8 Å². The van der Waals surface area contributed by atoms with Gasteiger partial charge in [0.15, 0.2) is 11.5 Å². The Labute approximate surface area is 122 Å². The van der Waals surface area contributed by atoms with Crippen molar-refractivity contribution in [1.82, 2.24) is 9.97 Å². The van der Waals surface area contributed by atoms with Crippen LogP contribution in [0, 0.1) is 0 Å². The van der Waals surface area contributed by atoms with Gasteiger partial charge in [-0.05, 0) is 34.1 Å². The van der Waals surface area contributed by atoms with Crippen LogP contribution in [0.4, 0.5) is 0 Å². The predicted molar refractivity (Wildman–Crippen MR) is 74.1 cm³/mol. The molecule has 0 saturated heterocycles. The Morgan fingerprint density at radius 1 is 1.35 bits per heavy atom. The lowest BCUT2D eigenvalue weighted by Crippen LogP contribution is -2.15. The second kappa shape index (κ2) is 5.16. The van der Waals surface area contributed by atoms with Gasteiger partial charge in [0.05, 0.1) is 12.1 Å². The molecule has 0 amide bonds. The van der Waals surface area contributed by atoms with Crippen LogP contribution >= 0.6 is 15.9 Å². The van der Waals surface area contributed by atoms with E-state index in [4.69, 9.17) is 14.6 Å². The number of aliphatic carboxylic acids is 1. The van der Waals surface area contributed by atoms with Crippen molar-refractivity contribution in [1.29, 1.82) is 0 Å². The SMILES string of the molecule is O=C(O)Cc1[nH]c(-c2ccc3c(c2)OCCO3)nc1Br. The number of carbonyl (C=O) groups is 1. The Kier molecular flexibility index (Phi) is 3.35. The molecule has 1 aliphatic rings. The number of hydrogen-bond donors (Lipinski definition) is 2. The summed E-state index contributed by atoms with van der Waals surface area (Å²) in [6, 6.07) is 5.49. The van der Waals surface area contributed by atoms with Crippen molar-refractivity contribution >= 4 is 21.9 Å². The van der Waals surface area contributed by atoms with Gasteiger partial charge >= 0.3 is 5.97 Å². The van der Waals surface area contributed by atoms with Crippen LogP contribution in [0.5, 0.6) is 11.5 Å². The standard InChI is InChI=1S/C13H11BrN2O4/c14-12-8(6-11(17)18)15-13(16-12)7-1-2-9-10(5-7)20-4-3-19-9/h1-2,5H,3-4,6H2,(H,15,16)(H,17,18). The zero-order chi connectivity index (χ0) is 14.1. The number of nitrogens with one attached hydrogen (secondary N) is 1. The summed E-state index contributed by atoms with van der Waals surface area (Å²) in [4.78, 5) is 18.0. The van der Waals surface area contributed by atoms with E-state index >= 15 is 0 Å². The smallest absolute Gasteiger partial charge is 0.309 e. The van der Waals surface area contributed by atoms with Crippen LogP contribution in [0.3, 0.4) is 0 Å². The predicted octanol–water partition coefficient (Wildman–Crippen LogP) is 2.24. The fourth-order valence-corrected chi connectivity index (χ4v) is 2.40. The molecule has 3 rings (SSSR count). The number of benzene rings is 1. The van der Waals surface area contributed by atoms with E-state index in [1.165, 1.54) is 0 Å². The van der Waals surface area contributed by atoms with Crippen LogP contribution in [0.2, 0.25) is 0 Å². The number of imidazole rings is 1. The molecule has 20 heavy (non-hydrogen) atoms. The van der Waals surface area contributed by atoms with Gasteiger partial charge in [-0.15, -0.1) is 0 Å². The van der Waals surface area contributed by atoms with Crippen molar-refractivity contribution in [3.05, 3.63) is 28.5 Å². The highest BCUT2D eigenvalue weighted by Gasteiger charge is 2.16. The lowest BCUT2D eigenvalue weighted by Gasteiger charge is -2.18. The third kappa shape index (κ3) is 2.49. The van der Waals surface area contributed by atoms with Gasteiger partial charge in [0.1, 0.15) is 23.6 Å². The number of carboxylic acid groups (broad SMARTS) is 1. The fraction of sp³-hybridized carbons (Fsp3) is 0.231. The second-order valence-corrected chi connectivity index (χ2v) is 5.03. The topological polar surface area (TPSA) is 84.4 Å². The van der Waals surface area contributed by atoms with Crippen LogP contribution in [0.25, 0.3) is 11.4 Å². The van der Waals surface area contributed by atoms with Crippen molar-refractivity contribution < 1.29 is 19.4 Å². The van der Waals surface area contributed by atoms with E-state index in [0.717, 1.165) is 5.56 Å². The highest BCUT2D eigenvalue weighted by molar-refractivity contribution is 9.10. The highest BCUT2D eigenvalue weighted by Crippen LogP contribution is 2.34. The molecule has 6 nitrogen and oxygen atoms in total. The number of fused-ring (bicyclic) bond motifs is 1. The summed E-state index contributed by atoms with van der Waals surface area (Å²) < 4.78 is 11.5. The molecule has 0 fully saturated rings. The third-order valence-electron chi connectivity index (χ3n) is 2.87. The maximum Gasteiger partial charge on any atom is 0.309 e. The molecule has 1 aliphatic heterocycles. The quantitative estimate of drug-likeness (QED) is 0.896. The minimum atomic E-state index is -0.914. The monoisotopic (exact) mass is 338 g/mol. The summed E-state index contributed by atoms with van der Waals surface area (Å²) in [5, 5.41) is 8.82. The highest BCUT2D eigenvalue weighted by atomic mass is 79.9. The van der Waals surface area contributed by atoms with E-state index in [1.54, 1.807) is 0 Å². The maximum atomic E-state index is 10.8. The molecule has 0 saturated carbocycles. The molecule has 7 heteroatoms. The molecule has 0 bridgehead atoms. The van der Waals surface area contributed by atoms with E-state index in [1.807, 2.05) is 18.2 Å². The third-order valence-corrected chi connectivity index (χ3v) is 3.53. The van der Waals surface area contributed by atoms with E-state index in [-0.39, 0.29) is 6.42 Å². The Balaban J connectivity index is 1.94.